The predicted octanol–water partition coefficient (Wildman–Crippen LogP) is 2.43. The maximum Gasteiger partial charge on any atom is 0.262 e. The number of benzene rings is 2. The highest BCUT2D eigenvalue weighted by Crippen LogP contribution is 2.15. The zero-order valence-electron chi connectivity index (χ0n) is 10.1. The molecule has 0 unspecified atom stereocenters. The van der Waals surface area contributed by atoms with Crippen molar-refractivity contribution in [3.05, 3.63) is 54.3 Å². The third-order valence-electron chi connectivity index (χ3n) is 2.38. The first-order valence-corrected chi connectivity index (χ1v) is 5.68. The van der Waals surface area contributed by atoms with Crippen molar-refractivity contribution in [2.75, 3.05) is 17.7 Å². The Balaban J connectivity index is 1.90. The molecule has 2 aromatic rings. The molecule has 0 saturated carbocycles. The van der Waals surface area contributed by atoms with Crippen LogP contribution >= 0.6 is 0 Å². The monoisotopic (exact) mass is 260 g/mol. The van der Waals surface area contributed by atoms with Gasteiger partial charge < -0.3 is 15.8 Å². The molecular formula is C14H13FN2O2. The zero-order valence-corrected chi connectivity index (χ0v) is 10.1. The van der Waals surface area contributed by atoms with Crippen LogP contribution in [0.3, 0.4) is 0 Å². The number of anilines is 2. The van der Waals surface area contributed by atoms with E-state index < -0.39 is 11.7 Å². The van der Waals surface area contributed by atoms with Gasteiger partial charge in [-0.15, -0.1) is 0 Å². The van der Waals surface area contributed by atoms with Gasteiger partial charge in [0.2, 0.25) is 0 Å². The van der Waals surface area contributed by atoms with E-state index in [4.69, 9.17) is 10.5 Å². The fourth-order valence-corrected chi connectivity index (χ4v) is 1.50. The smallest absolute Gasteiger partial charge is 0.262 e. The number of ether oxygens (including phenoxy) is 1. The lowest BCUT2D eigenvalue weighted by Crippen LogP contribution is -2.20. The number of carbonyl (C=O) groups excluding carboxylic acids is 1. The van der Waals surface area contributed by atoms with Crippen LogP contribution in [0, 0.1) is 5.82 Å². The zero-order chi connectivity index (χ0) is 13.7. The molecule has 0 fully saturated rings. The second-order valence-electron chi connectivity index (χ2n) is 3.89. The molecule has 4 nitrogen and oxygen atoms in total. The van der Waals surface area contributed by atoms with Crippen LogP contribution in [0.25, 0.3) is 0 Å². The molecule has 2 rings (SSSR count). The van der Waals surface area contributed by atoms with E-state index in [1.165, 1.54) is 12.1 Å². The summed E-state index contributed by atoms with van der Waals surface area (Å²) < 4.78 is 18.5. The number of nitrogens with two attached hydrogens (primary N) is 1. The number of rotatable bonds is 4. The van der Waals surface area contributed by atoms with E-state index in [-0.39, 0.29) is 12.3 Å². The number of amides is 1. The van der Waals surface area contributed by atoms with Crippen molar-refractivity contribution in [3.8, 4) is 5.75 Å². The molecule has 0 heterocycles. The van der Waals surface area contributed by atoms with Crippen LogP contribution in [0.15, 0.2) is 48.5 Å². The lowest BCUT2D eigenvalue weighted by atomic mass is 10.3. The van der Waals surface area contributed by atoms with Crippen molar-refractivity contribution in [1.29, 1.82) is 0 Å². The maximum absolute atomic E-state index is 13.3. The molecule has 0 aliphatic rings. The fraction of sp³-hybridized carbons (Fsp3) is 0.0714. The highest BCUT2D eigenvalue weighted by molar-refractivity contribution is 5.91. The van der Waals surface area contributed by atoms with E-state index in [1.54, 1.807) is 36.4 Å². The van der Waals surface area contributed by atoms with Gasteiger partial charge in [-0.05, 0) is 24.3 Å². The second kappa shape index (κ2) is 5.86. The van der Waals surface area contributed by atoms with Gasteiger partial charge in [0.15, 0.2) is 6.61 Å². The molecule has 1 amide bonds. The molecule has 0 aliphatic carbocycles. The Hall–Kier alpha value is -2.56. The Kier molecular flexibility index (Phi) is 3.97. The predicted molar refractivity (Wildman–Crippen MR) is 71.4 cm³/mol. The van der Waals surface area contributed by atoms with Gasteiger partial charge in [-0.3, -0.25) is 4.79 Å². The first kappa shape index (κ1) is 12.9. The molecule has 0 saturated heterocycles. The number of para-hydroxylation sites is 1. The van der Waals surface area contributed by atoms with Gasteiger partial charge >= 0.3 is 0 Å². The van der Waals surface area contributed by atoms with Crippen molar-refractivity contribution in [2.24, 2.45) is 0 Å². The molecule has 0 aliphatic heterocycles. The number of hydrogen-bond acceptors (Lipinski definition) is 3. The molecule has 98 valence electrons. The molecule has 0 radical (unpaired) electrons. The number of halogens is 1. The standard InChI is InChI=1S/C14H13FN2O2/c15-12-6-1-2-7-13(12)17-14(18)9-19-11-5-3-4-10(16)8-11/h1-8H,9,16H2,(H,17,18). The van der Waals surface area contributed by atoms with Crippen molar-refractivity contribution >= 4 is 17.3 Å². The minimum atomic E-state index is -0.486. The summed E-state index contributed by atoms with van der Waals surface area (Å²) in [6, 6.07) is 12.7. The summed E-state index contributed by atoms with van der Waals surface area (Å²) in [5, 5.41) is 2.42. The Morgan fingerprint density at radius 2 is 2.00 bits per heavy atom. The summed E-state index contributed by atoms with van der Waals surface area (Å²) in [6.07, 6.45) is 0. The van der Waals surface area contributed by atoms with Gasteiger partial charge in [0.1, 0.15) is 11.6 Å². The first-order valence-electron chi connectivity index (χ1n) is 5.68. The normalized spacial score (nSPS) is 9.95. The Morgan fingerprint density at radius 1 is 1.21 bits per heavy atom. The van der Waals surface area contributed by atoms with E-state index in [9.17, 15) is 9.18 Å². The van der Waals surface area contributed by atoms with Crippen molar-refractivity contribution in [3.63, 3.8) is 0 Å². The molecular weight excluding hydrogens is 247 g/mol. The number of nitrogen functional groups attached to an aromatic ring is 1. The summed E-state index contributed by atoms with van der Waals surface area (Å²) in [4.78, 5) is 11.6. The first-order chi connectivity index (χ1) is 9.15. The van der Waals surface area contributed by atoms with E-state index in [0.717, 1.165) is 0 Å². The van der Waals surface area contributed by atoms with Gasteiger partial charge in [0.25, 0.3) is 5.91 Å². The van der Waals surface area contributed by atoms with E-state index >= 15 is 0 Å². The molecule has 19 heavy (non-hydrogen) atoms. The fourth-order valence-electron chi connectivity index (χ4n) is 1.50. The van der Waals surface area contributed by atoms with Gasteiger partial charge in [-0.25, -0.2) is 4.39 Å². The third-order valence-corrected chi connectivity index (χ3v) is 2.38. The van der Waals surface area contributed by atoms with Gasteiger partial charge in [0, 0.05) is 11.8 Å². The largest absolute Gasteiger partial charge is 0.484 e. The molecule has 3 N–H and O–H groups in total. The third kappa shape index (κ3) is 3.70. The summed E-state index contributed by atoms with van der Waals surface area (Å²) in [5.41, 5.74) is 6.25. The minimum absolute atomic E-state index is 0.128. The van der Waals surface area contributed by atoms with Crippen molar-refractivity contribution < 1.29 is 13.9 Å². The quantitative estimate of drug-likeness (QED) is 0.830. The van der Waals surface area contributed by atoms with Gasteiger partial charge in [-0.2, -0.15) is 0 Å². The summed E-state index contributed by atoms with van der Waals surface area (Å²) in [5.74, 6) is -0.434. The summed E-state index contributed by atoms with van der Waals surface area (Å²) in [6.45, 7) is -0.211. The summed E-state index contributed by atoms with van der Waals surface area (Å²) >= 11 is 0. The van der Waals surface area contributed by atoms with E-state index in [2.05, 4.69) is 5.32 Å². The Labute approximate surface area is 110 Å². The molecule has 0 aromatic heterocycles. The Bertz CT molecular complexity index is 587. The van der Waals surface area contributed by atoms with Crippen LogP contribution in [-0.4, -0.2) is 12.5 Å². The van der Waals surface area contributed by atoms with Crippen molar-refractivity contribution in [2.45, 2.75) is 0 Å². The molecule has 0 atom stereocenters. The number of carbonyl (C=O) groups is 1. The highest BCUT2D eigenvalue weighted by Gasteiger charge is 2.07. The maximum atomic E-state index is 13.3. The van der Waals surface area contributed by atoms with Crippen LogP contribution in [0.2, 0.25) is 0 Å². The number of hydrogen-bond donors (Lipinski definition) is 2. The minimum Gasteiger partial charge on any atom is -0.484 e. The molecule has 0 spiro atoms. The number of nitrogens with one attached hydrogen (secondary N) is 1. The molecule has 2 aromatic carbocycles. The van der Waals surface area contributed by atoms with E-state index in [0.29, 0.717) is 11.4 Å². The lowest BCUT2D eigenvalue weighted by Gasteiger charge is -2.08. The topological polar surface area (TPSA) is 64.3 Å². The van der Waals surface area contributed by atoms with Gasteiger partial charge in [-0.1, -0.05) is 18.2 Å². The van der Waals surface area contributed by atoms with Gasteiger partial charge in [0.05, 0.1) is 5.69 Å². The van der Waals surface area contributed by atoms with Crippen LogP contribution < -0.4 is 15.8 Å². The lowest BCUT2D eigenvalue weighted by molar-refractivity contribution is -0.118. The average Bonchev–Trinajstić information content (AvgIpc) is 2.39. The van der Waals surface area contributed by atoms with Crippen LogP contribution in [0.5, 0.6) is 5.75 Å². The highest BCUT2D eigenvalue weighted by atomic mass is 19.1. The second-order valence-corrected chi connectivity index (χ2v) is 3.89. The molecule has 0 bridgehead atoms. The SMILES string of the molecule is Nc1cccc(OCC(=O)Nc2ccccc2F)c1. The van der Waals surface area contributed by atoms with Crippen LogP contribution in [0.4, 0.5) is 15.8 Å². The van der Waals surface area contributed by atoms with E-state index in [1.807, 2.05) is 0 Å². The van der Waals surface area contributed by atoms with Crippen LogP contribution in [-0.2, 0) is 4.79 Å². The summed E-state index contributed by atoms with van der Waals surface area (Å²) in [7, 11) is 0. The van der Waals surface area contributed by atoms with Crippen LogP contribution in [0.1, 0.15) is 0 Å². The molecule has 5 heteroatoms. The average molecular weight is 260 g/mol. The van der Waals surface area contributed by atoms with Crippen molar-refractivity contribution in [1.82, 2.24) is 0 Å². The Morgan fingerprint density at radius 3 is 2.74 bits per heavy atom.